The molecule has 9 nitrogen and oxygen atoms in total. The van der Waals surface area contributed by atoms with E-state index >= 15 is 0 Å². The van der Waals surface area contributed by atoms with Gasteiger partial charge in [0.2, 0.25) is 6.23 Å². The maximum absolute atomic E-state index is 12.0. The molecule has 0 radical (unpaired) electrons. The van der Waals surface area contributed by atoms with Crippen molar-refractivity contribution in [3.05, 3.63) is 33.6 Å². The van der Waals surface area contributed by atoms with Crippen LogP contribution in [0.15, 0.2) is 12.3 Å². The second kappa shape index (κ2) is 8.28. The molecule has 2 unspecified atom stereocenters. The van der Waals surface area contributed by atoms with Gasteiger partial charge in [-0.05, 0) is 32.4 Å². The van der Waals surface area contributed by atoms with E-state index < -0.39 is 29.1 Å². The van der Waals surface area contributed by atoms with Crippen molar-refractivity contribution in [1.82, 2.24) is 4.57 Å². The van der Waals surface area contributed by atoms with Crippen molar-refractivity contribution < 1.29 is 28.7 Å². The minimum absolute atomic E-state index is 0.00339. The van der Waals surface area contributed by atoms with Crippen LogP contribution in [0.4, 0.5) is 0 Å². The van der Waals surface area contributed by atoms with Crippen LogP contribution in [0, 0.1) is 17.0 Å². The van der Waals surface area contributed by atoms with Gasteiger partial charge in [-0.2, -0.15) is 0 Å². The van der Waals surface area contributed by atoms with Gasteiger partial charge in [-0.3, -0.25) is 10.1 Å². The van der Waals surface area contributed by atoms with Crippen molar-refractivity contribution in [2.24, 2.45) is 0 Å². The Bertz CT molecular complexity index is 582. The zero-order valence-electron chi connectivity index (χ0n) is 13.5. The van der Waals surface area contributed by atoms with Crippen LogP contribution < -0.4 is 0 Å². The van der Waals surface area contributed by atoms with Crippen molar-refractivity contribution >= 4 is 11.9 Å². The van der Waals surface area contributed by atoms with E-state index in [2.05, 4.69) is 0 Å². The summed E-state index contributed by atoms with van der Waals surface area (Å²) >= 11 is 0. The summed E-state index contributed by atoms with van der Waals surface area (Å²) in [5, 5.41) is 11.4. The minimum atomic E-state index is -1.80. The predicted molar refractivity (Wildman–Crippen MR) is 78.6 cm³/mol. The third kappa shape index (κ3) is 4.07. The third-order valence-electron chi connectivity index (χ3n) is 3.13. The van der Waals surface area contributed by atoms with Gasteiger partial charge >= 0.3 is 18.0 Å². The van der Waals surface area contributed by atoms with Gasteiger partial charge in [0.15, 0.2) is 0 Å². The summed E-state index contributed by atoms with van der Waals surface area (Å²) in [6, 6.07) is -0.217. The summed E-state index contributed by atoms with van der Waals surface area (Å²) in [5.41, 5.74) is 0.634. The highest BCUT2D eigenvalue weighted by Gasteiger charge is 2.43. The van der Waals surface area contributed by atoms with Gasteiger partial charge < -0.3 is 18.8 Å². The number of rotatable bonds is 8. The molecule has 0 aliphatic rings. The van der Waals surface area contributed by atoms with E-state index in [0.29, 0.717) is 5.56 Å². The van der Waals surface area contributed by atoms with Gasteiger partial charge in [-0.1, -0.05) is 0 Å². The van der Waals surface area contributed by atoms with Crippen molar-refractivity contribution in [2.45, 2.75) is 33.0 Å². The highest BCUT2D eigenvalue weighted by Crippen LogP contribution is 2.24. The second-order valence-corrected chi connectivity index (χ2v) is 4.57. The number of methoxy groups -OCH3 is 1. The Morgan fingerprint density at radius 1 is 1.35 bits per heavy atom. The lowest BCUT2D eigenvalue weighted by molar-refractivity contribution is -0.529. The fraction of sp³-hybridized carbons (Fsp3) is 0.571. The van der Waals surface area contributed by atoms with Crippen molar-refractivity contribution in [1.29, 1.82) is 0 Å². The SMILES string of the molecule is CCOC(=O)C(C(OCC)n1ccc(C)c1C(=O)OC)[N+](=O)[O-]. The van der Waals surface area contributed by atoms with E-state index in [1.165, 1.54) is 17.9 Å². The van der Waals surface area contributed by atoms with Gasteiger partial charge in [0, 0.05) is 17.7 Å². The highest BCUT2D eigenvalue weighted by molar-refractivity contribution is 5.89. The molecular weight excluding hydrogens is 308 g/mol. The number of hydrogen-bond acceptors (Lipinski definition) is 7. The van der Waals surface area contributed by atoms with Crippen LogP contribution in [0.5, 0.6) is 0 Å². The maximum Gasteiger partial charge on any atom is 0.386 e. The number of carbonyl (C=O) groups excluding carboxylic acids is 2. The maximum atomic E-state index is 12.0. The predicted octanol–water partition coefficient (Wildman–Crippen LogP) is 1.33. The molecule has 0 spiro atoms. The van der Waals surface area contributed by atoms with Crippen molar-refractivity contribution in [3.63, 3.8) is 0 Å². The summed E-state index contributed by atoms with van der Waals surface area (Å²) in [6.07, 6.45) is 0.120. The van der Waals surface area contributed by atoms with Crippen LogP contribution in [0.3, 0.4) is 0 Å². The number of esters is 2. The van der Waals surface area contributed by atoms with Gasteiger partial charge in [0.1, 0.15) is 5.69 Å². The molecule has 0 N–H and O–H groups in total. The standard InChI is InChI=1S/C14H20N2O7/c1-5-22-12(11(16(19)20)14(18)23-6-2)15-8-7-9(3)10(15)13(17)21-4/h7-8,11-12H,5-6H2,1-4H3. The first-order valence-electron chi connectivity index (χ1n) is 7.06. The number of hydrogen-bond donors (Lipinski definition) is 0. The monoisotopic (exact) mass is 328 g/mol. The van der Waals surface area contributed by atoms with E-state index in [-0.39, 0.29) is 18.9 Å². The summed E-state index contributed by atoms with van der Waals surface area (Å²) < 4.78 is 16.1. The number of ether oxygens (including phenoxy) is 3. The first-order chi connectivity index (χ1) is 10.9. The molecule has 1 heterocycles. The third-order valence-corrected chi connectivity index (χ3v) is 3.13. The average molecular weight is 328 g/mol. The molecule has 9 heteroatoms. The Hall–Kier alpha value is -2.42. The first kappa shape index (κ1) is 18.6. The zero-order chi connectivity index (χ0) is 17.6. The number of aryl methyl sites for hydroxylation is 1. The molecule has 2 atom stereocenters. The lowest BCUT2D eigenvalue weighted by Gasteiger charge is -2.22. The van der Waals surface area contributed by atoms with Gasteiger partial charge in [0.25, 0.3) is 0 Å². The van der Waals surface area contributed by atoms with Crippen LogP contribution in [0.2, 0.25) is 0 Å². The van der Waals surface area contributed by atoms with Gasteiger partial charge in [-0.15, -0.1) is 0 Å². The fourth-order valence-corrected chi connectivity index (χ4v) is 2.15. The molecule has 0 amide bonds. The van der Waals surface area contributed by atoms with Crippen LogP contribution in [0.1, 0.15) is 36.1 Å². The number of nitrogens with zero attached hydrogens (tertiary/aromatic N) is 2. The zero-order valence-corrected chi connectivity index (χ0v) is 13.5. The molecule has 0 fully saturated rings. The van der Waals surface area contributed by atoms with Crippen LogP contribution in [0.25, 0.3) is 0 Å². The molecule has 0 aromatic carbocycles. The van der Waals surface area contributed by atoms with Gasteiger partial charge in [-0.25, -0.2) is 9.59 Å². The molecule has 1 aromatic rings. The molecular formula is C14H20N2O7. The van der Waals surface area contributed by atoms with E-state index in [4.69, 9.17) is 14.2 Å². The minimum Gasteiger partial charge on any atom is -0.464 e. The largest absolute Gasteiger partial charge is 0.464 e. The summed E-state index contributed by atoms with van der Waals surface area (Å²) in [4.78, 5) is 34.5. The van der Waals surface area contributed by atoms with Crippen molar-refractivity contribution in [3.8, 4) is 0 Å². The van der Waals surface area contributed by atoms with E-state index in [1.54, 1.807) is 26.8 Å². The molecule has 0 aliphatic heterocycles. The molecule has 23 heavy (non-hydrogen) atoms. The average Bonchev–Trinajstić information content (AvgIpc) is 2.87. The van der Waals surface area contributed by atoms with E-state index in [0.717, 1.165) is 0 Å². The number of nitro groups is 1. The molecule has 1 rings (SSSR count). The lowest BCUT2D eigenvalue weighted by Crippen LogP contribution is -2.41. The topological polar surface area (TPSA) is 110 Å². The Morgan fingerprint density at radius 3 is 2.48 bits per heavy atom. The molecule has 128 valence electrons. The summed E-state index contributed by atoms with van der Waals surface area (Å²) in [7, 11) is 1.20. The quantitative estimate of drug-likeness (QED) is 0.402. The molecule has 1 aromatic heterocycles. The van der Waals surface area contributed by atoms with Crippen molar-refractivity contribution in [2.75, 3.05) is 20.3 Å². The van der Waals surface area contributed by atoms with Gasteiger partial charge in [0.05, 0.1) is 13.7 Å². The Balaban J connectivity index is 3.37. The highest BCUT2D eigenvalue weighted by atomic mass is 16.6. The normalized spacial score (nSPS) is 13.2. The Morgan fingerprint density at radius 2 is 2.00 bits per heavy atom. The van der Waals surface area contributed by atoms with E-state index in [1.807, 2.05) is 0 Å². The Kier molecular flexibility index (Phi) is 6.70. The first-order valence-corrected chi connectivity index (χ1v) is 7.06. The smallest absolute Gasteiger partial charge is 0.386 e. The summed E-state index contributed by atoms with van der Waals surface area (Å²) in [6.45, 7) is 4.92. The molecule has 0 saturated heterocycles. The summed E-state index contributed by atoms with van der Waals surface area (Å²) in [5.74, 6) is -1.71. The van der Waals surface area contributed by atoms with Crippen LogP contribution in [-0.2, 0) is 19.0 Å². The van der Waals surface area contributed by atoms with Crippen LogP contribution in [-0.4, -0.2) is 47.8 Å². The van der Waals surface area contributed by atoms with Crippen LogP contribution >= 0.6 is 0 Å². The fourth-order valence-electron chi connectivity index (χ4n) is 2.15. The second-order valence-electron chi connectivity index (χ2n) is 4.57. The van der Waals surface area contributed by atoms with E-state index in [9.17, 15) is 19.7 Å². The molecule has 0 aliphatic carbocycles. The number of carbonyl (C=O) groups is 2. The lowest BCUT2D eigenvalue weighted by atomic mass is 10.2. The molecule has 0 bridgehead atoms. The molecule has 0 saturated carbocycles. The Labute approximate surface area is 133 Å². The number of aromatic nitrogens is 1.